The summed E-state index contributed by atoms with van der Waals surface area (Å²) in [5.41, 5.74) is 0. The van der Waals surface area contributed by atoms with Crippen LogP contribution in [0.25, 0.3) is 0 Å². The van der Waals surface area contributed by atoms with Crippen molar-refractivity contribution in [2.75, 3.05) is 0 Å². The Hall–Kier alpha value is -0.0400. The molecular weight excluding hydrogens is 292 g/mol. The van der Waals surface area contributed by atoms with Gasteiger partial charge in [-0.2, -0.15) is 0 Å². The molecular formula is C23H54O. The quantitative estimate of drug-likeness (QED) is 0.515. The highest BCUT2D eigenvalue weighted by molar-refractivity contribution is 4.65. The van der Waals surface area contributed by atoms with Gasteiger partial charge in [0.2, 0.25) is 0 Å². The molecule has 24 heavy (non-hydrogen) atoms. The van der Waals surface area contributed by atoms with E-state index in [4.69, 9.17) is 0 Å². The van der Waals surface area contributed by atoms with E-state index in [0.717, 1.165) is 30.1 Å². The average Bonchev–Trinajstić information content (AvgIpc) is 2.55. The van der Waals surface area contributed by atoms with Crippen molar-refractivity contribution in [3.63, 3.8) is 0 Å². The van der Waals surface area contributed by atoms with Crippen molar-refractivity contribution in [1.29, 1.82) is 0 Å². The minimum atomic E-state index is -0.116. The summed E-state index contributed by atoms with van der Waals surface area (Å²) in [7, 11) is 0. The Morgan fingerprint density at radius 2 is 0.792 bits per heavy atom. The van der Waals surface area contributed by atoms with Crippen LogP contribution in [0.2, 0.25) is 0 Å². The van der Waals surface area contributed by atoms with E-state index in [9.17, 15) is 5.11 Å². The molecule has 0 rings (SSSR count). The number of hydrogen-bond donors (Lipinski definition) is 1. The molecule has 0 saturated heterocycles. The molecule has 3 atom stereocenters. The molecule has 3 unspecified atom stereocenters. The molecule has 1 heteroatoms. The van der Waals surface area contributed by atoms with Gasteiger partial charge in [0, 0.05) is 0 Å². The molecule has 0 heterocycles. The van der Waals surface area contributed by atoms with Gasteiger partial charge in [-0.3, -0.25) is 0 Å². The first kappa shape index (κ1) is 31.7. The van der Waals surface area contributed by atoms with Crippen LogP contribution in [-0.4, -0.2) is 11.2 Å². The molecule has 0 aliphatic rings. The Bertz CT molecular complexity index is 200. The molecule has 0 amide bonds. The van der Waals surface area contributed by atoms with Crippen molar-refractivity contribution in [2.45, 2.75) is 116 Å². The Kier molecular flexibility index (Phi) is 27.7. The van der Waals surface area contributed by atoms with E-state index in [1.165, 1.54) is 6.42 Å². The summed E-state index contributed by atoms with van der Waals surface area (Å²) < 4.78 is 0. The smallest absolute Gasteiger partial charge is 0.0588 e. The van der Waals surface area contributed by atoms with Gasteiger partial charge < -0.3 is 5.11 Å². The molecule has 152 valence electrons. The van der Waals surface area contributed by atoms with Gasteiger partial charge in [0.25, 0.3) is 0 Å². The van der Waals surface area contributed by atoms with Crippen molar-refractivity contribution in [1.82, 2.24) is 0 Å². The molecule has 0 radical (unpaired) electrons. The van der Waals surface area contributed by atoms with Crippen molar-refractivity contribution in [3.05, 3.63) is 0 Å². The molecule has 0 aromatic carbocycles. The predicted octanol–water partition coefficient (Wildman–Crippen LogP) is 8.06. The second kappa shape index (κ2) is 21.0. The lowest BCUT2D eigenvalue weighted by Gasteiger charge is -2.20. The van der Waals surface area contributed by atoms with Crippen molar-refractivity contribution in [3.8, 4) is 0 Å². The number of rotatable bonds is 6. The lowest BCUT2D eigenvalue weighted by atomic mass is 9.93. The minimum absolute atomic E-state index is 0.116. The van der Waals surface area contributed by atoms with Gasteiger partial charge in [0.15, 0.2) is 0 Å². The monoisotopic (exact) mass is 346 g/mol. The van der Waals surface area contributed by atoms with Gasteiger partial charge in [-0.15, -0.1) is 0 Å². The van der Waals surface area contributed by atoms with Gasteiger partial charge in [0.05, 0.1) is 6.10 Å². The van der Waals surface area contributed by atoms with E-state index in [-0.39, 0.29) is 6.10 Å². The van der Waals surface area contributed by atoms with Gasteiger partial charge in [-0.05, 0) is 35.5 Å². The number of aliphatic hydroxyl groups is 1. The zero-order valence-electron chi connectivity index (χ0n) is 19.9. The van der Waals surface area contributed by atoms with Crippen LogP contribution >= 0.6 is 0 Å². The first-order chi connectivity index (χ1) is 10.9. The largest absolute Gasteiger partial charge is 0.393 e. The molecule has 0 saturated carbocycles. The van der Waals surface area contributed by atoms with E-state index < -0.39 is 0 Å². The van der Waals surface area contributed by atoms with Crippen LogP contribution in [0, 0.1) is 35.5 Å². The molecule has 1 nitrogen and oxygen atoms in total. The van der Waals surface area contributed by atoms with E-state index in [2.05, 4.69) is 83.1 Å². The Balaban J connectivity index is -0.000000121. The predicted molar refractivity (Wildman–Crippen MR) is 116 cm³/mol. The molecule has 0 aromatic heterocycles. The van der Waals surface area contributed by atoms with Crippen LogP contribution in [-0.2, 0) is 0 Å². The third-order valence-electron chi connectivity index (χ3n) is 5.03. The van der Waals surface area contributed by atoms with E-state index >= 15 is 0 Å². The average molecular weight is 347 g/mol. The van der Waals surface area contributed by atoms with Crippen LogP contribution in [0.3, 0.4) is 0 Å². The second-order valence-corrected chi connectivity index (χ2v) is 8.24. The molecule has 1 N–H and O–H groups in total. The molecule has 0 spiro atoms. The molecule has 0 aliphatic heterocycles. The highest BCUT2D eigenvalue weighted by Gasteiger charge is 2.14. The Morgan fingerprint density at radius 3 is 0.833 bits per heavy atom. The fourth-order valence-corrected chi connectivity index (χ4v) is 1.37. The summed E-state index contributed by atoms with van der Waals surface area (Å²) in [5.74, 6) is 4.32. The minimum Gasteiger partial charge on any atom is -0.393 e. The summed E-state index contributed by atoms with van der Waals surface area (Å²) in [6, 6.07) is 0. The zero-order chi connectivity index (χ0) is 20.5. The van der Waals surface area contributed by atoms with Crippen molar-refractivity contribution < 1.29 is 5.11 Å². The first-order valence-corrected chi connectivity index (χ1v) is 10.6. The number of hydrogen-bond acceptors (Lipinski definition) is 1. The van der Waals surface area contributed by atoms with Gasteiger partial charge >= 0.3 is 0 Å². The van der Waals surface area contributed by atoms with E-state index in [1.807, 2.05) is 13.8 Å². The molecule has 0 fully saturated rings. The van der Waals surface area contributed by atoms with Crippen LogP contribution in [0.5, 0.6) is 0 Å². The maximum Gasteiger partial charge on any atom is 0.0588 e. The van der Waals surface area contributed by atoms with Crippen LogP contribution in [0.15, 0.2) is 0 Å². The van der Waals surface area contributed by atoms with E-state index in [0.29, 0.717) is 11.8 Å². The molecule has 0 bridgehead atoms. The highest BCUT2D eigenvalue weighted by atomic mass is 16.3. The van der Waals surface area contributed by atoms with E-state index in [1.54, 1.807) is 0 Å². The SMILES string of the molecule is CC.CC(C)C(C)C.CCC(C)C(C)C.CCC(C)C(O)C(C)C. The Labute approximate surface area is 157 Å². The summed E-state index contributed by atoms with van der Waals surface area (Å²) >= 11 is 0. The van der Waals surface area contributed by atoms with Gasteiger partial charge in [-0.1, -0.05) is 110 Å². The maximum atomic E-state index is 9.39. The first-order valence-electron chi connectivity index (χ1n) is 10.6. The van der Waals surface area contributed by atoms with Crippen molar-refractivity contribution in [2.24, 2.45) is 35.5 Å². The van der Waals surface area contributed by atoms with Gasteiger partial charge in [-0.25, -0.2) is 0 Å². The summed E-state index contributed by atoms with van der Waals surface area (Å²) in [4.78, 5) is 0. The molecule has 0 aliphatic carbocycles. The maximum absolute atomic E-state index is 9.39. The zero-order valence-corrected chi connectivity index (χ0v) is 19.9. The summed E-state index contributed by atoms with van der Waals surface area (Å²) in [5, 5.41) is 9.39. The number of aliphatic hydroxyl groups excluding tert-OH is 1. The van der Waals surface area contributed by atoms with Crippen molar-refractivity contribution >= 4 is 0 Å². The molecule has 0 aromatic rings. The third kappa shape index (κ3) is 24.2. The lowest BCUT2D eigenvalue weighted by molar-refractivity contribution is 0.0707. The fourth-order valence-electron chi connectivity index (χ4n) is 1.37. The Morgan fingerprint density at radius 1 is 0.500 bits per heavy atom. The van der Waals surface area contributed by atoms with Gasteiger partial charge in [0.1, 0.15) is 0 Å². The lowest BCUT2D eigenvalue weighted by Crippen LogP contribution is -2.22. The standard InChI is InChI=1S/C8H18O.C7H16.C6H14.C2H6/c1-5-7(4)8(9)6(2)3;1-5-7(4)6(2)3;1-5(2)6(3)4;1-2/h6-9H,5H2,1-4H3;6-7H,5H2,1-4H3;5-6H,1-4H3;1-2H3. The highest BCUT2D eigenvalue weighted by Crippen LogP contribution is 2.14. The topological polar surface area (TPSA) is 20.2 Å². The summed E-state index contributed by atoms with van der Waals surface area (Å²) in [6.07, 6.45) is 2.27. The van der Waals surface area contributed by atoms with Crippen LogP contribution in [0.4, 0.5) is 0 Å². The summed E-state index contributed by atoms with van der Waals surface area (Å²) in [6.45, 7) is 30.3. The van der Waals surface area contributed by atoms with Crippen LogP contribution in [0.1, 0.15) is 110 Å². The van der Waals surface area contributed by atoms with Crippen LogP contribution < -0.4 is 0 Å². The second-order valence-electron chi connectivity index (χ2n) is 8.24. The third-order valence-corrected chi connectivity index (χ3v) is 5.03. The normalized spacial score (nSPS) is 14.1. The fraction of sp³-hybridized carbons (Fsp3) is 1.00.